The second-order valence-electron chi connectivity index (χ2n) is 6.66. The molecule has 2 aliphatic heterocycles. The Labute approximate surface area is 147 Å². The third-order valence-corrected chi connectivity index (χ3v) is 4.95. The van der Waals surface area contributed by atoms with Crippen molar-refractivity contribution >= 4 is 0 Å². The average molecular weight is 341 g/mol. The number of hydrogen-bond donors (Lipinski definition) is 2. The molecule has 0 aliphatic carbocycles. The van der Waals surface area contributed by atoms with Crippen molar-refractivity contribution < 1.29 is 19.3 Å². The van der Waals surface area contributed by atoms with E-state index in [1.807, 2.05) is 25.1 Å². The largest absolute Gasteiger partial charge is 0.488 e. The molecule has 0 saturated heterocycles. The van der Waals surface area contributed by atoms with Gasteiger partial charge in [0.15, 0.2) is 11.5 Å². The van der Waals surface area contributed by atoms with Gasteiger partial charge in [0.2, 0.25) is 6.79 Å². The molecule has 4 rings (SSSR count). The summed E-state index contributed by atoms with van der Waals surface area (Å²) >= 11 is 0. The lowest BCUT2D eigenvalue weighted by atomic mass is 9.87. The highest BCUT2D eigenvalue weighted by Crippen LogP contribution is 2.50. The van der Waals surface area contributed by atoms with Crippen molar-refractivity contribution in [2.45, 2.75) is 39.0 Å². The standard InChI is InChI=1S/C20H23NO4/c1-12-18(23-10-14-6-4-3-5-7-14)16-8-15(9-22)21-13(2)17(16)20-19(12)24-11-25-20/h3-7,13,15,21-22H,8-11H2,1-2H3/t13?,15-/m0/s1. The maximum atomic E-state index is 9.64. The van der Waals surface area contributed by atoms with E-state index in [1.54, 1.807) is 0 Å². The van der Waals surface area contributed by atoms with Crippen LogP contribution in [0.1, 0.15) is 35.2 Å². The zero-order valence-electron chi connectivity index (χ0n) is 14.5. The molecule has 0 fully saturated rings. The molecule has 2 aromatic rings. The lowest BCUT2D eigenvalue weighted by molar-refractivity contribution is 0.171. The molecule has 132 valence electrons. The summed E-state index contributed by atoms with van der Waals surface area (Å²) in [6.07, 6.45) is 0.706. The first-order chi connectivity index (χ1) is 12.2. The molecule has 0 radical (unpaired) electrons. The Kier molecular flexibility index (Phi) is 4.27. The van der Waals surface area contributed by atoms with Crippen molar-refractivity contribution in [3.8, 4) is 17.2 Å². The highest BCUT2D eigenvalue weighted by Gasteiger charge is 2.35. The zero-order chi connectivity index (χ0) is 17.4. The maximum absolute atomic E-state index is 9.64. The average Bonchev–Trinajstić information content (AvgIpc) is 3.11. The van der Waals surface area contributed by atoms with Gasteiger partial charge in [-0.3, -0.25) is 0 Å². The lowest BCUT2D eigenvalue weighted by Crippen LogP contribution is -2.41. The summed E-state index contributed by atoms with van der Waals surface area (Å²) in [6.45, 7) is 4.92. The van der Waals surface area contributed by atoms with Gasteiger partial charge in [0.05, 0.1) is 6.61 Å². The van der Waals surface area contributed by atoms with Crippen LogP contribution in [0.15, 0.2) is 30.3 Å². The number of benzene rings is 2. The monoisotopic (exact) mass is 341 g/mol. The third-order valence-electron chi connectivity index (χ3n) is 4.95. The Morgan fingerprint density at radius 2 is 1.96 bits per heavy atom. The van der Waals surface area contributed by atoms with Gasteiger partial charge in [0, 0.05) is 28.8 Å². The molecule has 0 amide bonds. The van der Waals surface area contributed by atoms with Gasteiger partial charge in [0.1, 0.15) is 12.4 Å². The summed E-state index contributed by atoms with van der Waals surface area (Å²) in [7, 11) is 0. The first-order valence-corrected chi connectivity index (χ1v) is 8.67. The molecule has 0 saturated carbocycles. The van der Waals surface area contributed by atoms with Gasteiger partial charge in [-0.05, 0) is 25.8 Å². The highest BCUT2D eigenvalue weighted by atomic mass is 16.7. The van der Waals surface area contributed by atoms with Crippen LogP contribution in [0, 0.1) is 6.92 Å². The molecular formula is C20H23NO4. The molecule has 0 aromatic heterocycles. The molecule has 2 heterocycles. The lowest BCUT2D eigenvalue weighted by Gasteiger charge is -2.33. The number of hydrogen-bond acceptors (Lipinski definition) is 5. The van der Waals surface area contributed by atoms with Crippen LogP contribution in [-0.2, 0) is 13.0 Å². The van der Waals surface area contributed by atoms with Crippen molar-refractivity contribution in [2.24, 2.45) is 0 Å². The van der Waals surface area contributed by atoms with Crippen LogP contribution < -0.4 is 19.5 Å². The number of fused-ring (bicyclic) bond motifs is 3. The number of aliphatic hydroxyl groups excluding tert-OH is 1. The molecular weight excluding hydrogens is 318 g/mol. The minimum atomic E-state index is 0.0151. The Hall–Kier alpha value is -2.24. The predicted octanol–water partition coefficient (Wildman–Crippen LogP) is 2.87. The molecule has 2 N–H and O–H groups in total. The zero-order valence-corrected chi connectivity index (χ0v) is 14.5. The van der Waals surface area contributed by atoms with E-state index < -0.39 is 0 Å². The first kappa shape index (κ1) is 16.2. The fraction of sp³-hybridized carbons (Fsp3) is 0.400. The van der Waals surface area contributed by atoms with Crippen molar-refractivity contribution in [1.29, 1.82) is 0 Å². The fourth-order valence-electron chi connectivity index (χ4n) is 3.79. The Bertz CT molecular complexity index is 775. The molecule has 1 unspecified atom stereocenters. The van der Waals surface area contributed by atoms with E-state index in [1.165, 1.54) is 0 Å². The van der Waals surface area contributed by atoms with Crippen LogP contribution in [0.5, 0.6) is 17.2 Å². The molecule has 0 spiro atoms. The molecule has 2 aromatic carbocycles. The van der Waals surface area contributed by atoms with Gasteiger partial charge >= 0.3 is 0 Å². The third kappa shape index (κ3) is 2.83. The minimum absolute atomic E-state index is 0.0151. The topological polar surface area (TPSA) is 60.0 Å². The smallest absolute Gasteiger partial charge is 0.231 e. The highest BCUT2D eigenvalue weighted by molar-refractivity contribution is 5.65. The molecule has 2 atom stereocenters. The van der Waals surface area contributed by atoms with Gasteiger partial charge in [-0.25, -0.2) is 0 Å². The normalized spacial score (nSPS) is 21.1. The summed E-state index contributed by atoms with van der Waals surface area (Å²) in [5, 5.41) is 13.1. The van der Waals surface area contributed by atoms with E-state index in [0.717, 1.165) is 39.5 Å². The van der Waals surface area contributed by atoms with Crippen LogP contribution in [0.4, 0.5) is 0 Å². The number of nitrogens with one attached hydrogen (secondary N) is 1. The first-order valence-electron chi connectivity index (χ1n) is 8.67. The molecule has 5 heteroatoms. The van der Waals surface area contributed by atoms with Gasteiger partial charge in [-0.15, -0.1) is 0 Å². The summed E-state index contributed by atoms with van der Waals surface area (Å²) in [5.41, 5.74) is 4.29. The Morgan fingerprint density at radius 1 is 1.20 bits per heavy atom. The van der Waals surface area contributed by atoms with Crippen molar-refractivity contribution in [2.75, 3.05) is 13.4 Å². The molecule has 2 aliphatic rings. The van der Waals surface area contributed by atoms with Gasteiger partial charge in [-0.1, -0.05) is 30.3 Å². The molecule has 0 bridgehead atoms. The predicted molar refractivity (Wildman–Crippen MR) is 94.2 cm³/mol. The van der Waals surface area contributed by atoms with Crippen molar-refractivity contribution in [3.05, 3.63) is 52.6 Å². The summed E-state index contributed by atoms with van der Waals surface area (Å²) in [5.74, 6) is 2.45. The fourth-order valence-corrected chi connectivity index (χ4v) is 3.79. The van der Waals surface area contributed by atoms with E-state index >= 15 is 0 Å². The van der Waals surface area contributed by atoms with E-state index in [-0.39, 0.29) is 25.5 Å². The van der Waals surface area contributed by atoms with E-state index in [9.17, 15) is 5.11 Å². The van der Waals surface area contributed by atoms with Crippen molar-refractivity contribution in [3.63, 3.8) is 0 Å². The van der Waals surface area contributed by atoms with E-state index in [2.05, 4.69) is 24.4 Å². The summed E-state index contributed by atoms with van der Waals surface area (Å²) in [6, 6.07) is 10.2. The SMILES string of the molecule is Cc1c(OCc2ccccc2)c2c(c3c1OCO3)C(C)N[C@H](CO)C2. The van der Waals surface area contributed by atoms with E-state index in [4.69, 9.17) is 14.2 Å². The van der Waals surface area contributed by atoms with Gasteiger partial charge in [0.25, 0.3) is 0 Å². The molecule has 5 nitrogen and oxygen atoms in total. The second-order valence-corrected chi connectivity index (χ2v) is 6.66. The van der Waals surface area contributed by atoms with E-state index in [0.29, 0.717) is 13.0 Å². The van der Waals surface area contributed by atoms with Crippen LogP contribution in [0.3, 0.4) is 0 Å². The molecule has 25 heavy (non-hydrogen) atoms. The Balaban J connectivity index is 1.76. The summed E-state index contributed by atoms with van der Waals surface area (Å²) < 4.78 is 17.7. The summed E-state index contributed by atoms with van der Waals surface area (Å²) in [4.78, 5) is 0. The number of rotatable bonds is 4. The number of aliphatic hydroxyl groups is 1. The van der Waals surface area contributed by atoms with Crippen molar-refractivity contribution in [1.82, 2.24) is 5.32 Å². The number of ether oxygens (including phenoxy) is 3. The van der Waals surface area contributed by atoms with Gasteiger partial charge in [-0.2, -0.15) is 0 Å². The van der Waals surface area contributed by atoms with Crippen LogP contribution >= 0.6 is 0 Å². The minimum Gasteiger partial charge on any atom is -0.488 e. The second kappa shape index (κ2) is 6.58. The Morgan fingerprint density at radius 3 is 2.72 bits per heavy atom. The maximum Gasteiger partial charge on any atom is 0.231 e. The van der Waals surface area contributed by atoms with Gasteiger partial charge < -0.3 is 24.6 Å². The van der Waals surface area contributed by atoms with Crippen LogP contribution in [0.2, 0.25) is 0 Å². The van der Waals surface area contributed by atoms with Crippen LogP contribution in [-0.4, -0.2) is 24.5 Å². The van der Waals surface area contributed by atoms with Crippen LogP contribution in [0.25, 0.3) is 0 Å². The quantitative estimate of drug-likeness (QED) is 0.895.